The molecule has 0 unspecified atom stereocenters. The zero-order valence-electron chi connectivity index (χ0n) is 10.8. The van der Waals surface area contributed by atoms with Crippen LogP contribution >= 0.6 is 15.9 Å². The Morgan fingerprint density at radius 1 is 1.47 bits per heavy atom. The molecule has 1 fully saturated rings. The van der Waals surface area contributed by atoms with Crippen LogP contribution in [0.2, 0.25) is 0 Å². The lowest BCUT2D eigenvalue weighted by Crippen LogP contribution is -2.43. The summed E-state index contributed by atoms with van der Waals surface area (Å²) >= 11 is 3.40. The van der Waals surface area contributed by atoms with E-state index in [9.17, 15) is 4.79 Å². The summed E-state index contributed by atoms with van der Waals surface area (Å²) in [6.45, 7) is 2.82. The maximum Gasteiger partial charge on any atom is 0.242 e. The standard InChI is InChI=1S/C13H17BrN2O3/c1-18-12-3-2-10(14)8-11(12)15-9-13(17)16-4-6-19-7-5-16/h2-3,8,15H,4-7,9H2,1H3. The number of nitrogens with one attached hydrogen (secondary N) is 1. The molecule has 6 heteroatoms. The van der Waals surface area contributed by atoms with Crippen LogP contribution in [0.25, 0.3) is 0 Å². The summed E-state index contributed by atoms with van der Waals surface area (Å²) < 4.78 is 11.4. The van der Waals surface area contributed by atoms with Crippen molar-refractivity contribution in [1.29, 1.82) is 0 Å². The van der Waals surface area contributed by atoms with Gasteiger partial charge in [-0.1, -0.05) is 15.9 Å². The Bertz CT molecular complexity index is 448. The molecule has 0 aliphatic carbocycles. The summed E-state index contributed by atoms with van der Waals surface area (Å²) in [5, 5.41) is 3.12. The predicted octanol–water partition coefficient (Wildman–Crippen LogP) is 1.73. The van der Waals surface area contributed by atoms with Gasteiger partial charge in [-0.05, 0) is 18.2 Å². The van der Waals surface area contributed by atoms with E-state index < -0.39 is 0 Å². The van der Waals surface area contributed by atoms with E-state index in [-0.39, 0.29) is 12.5 Å². The van der Waals surface area contributed by atoms with E-state index in [4.69, 9.17) is 9.47 Å². The highest BCUT2D eigenvalue weighted by atomic mass is 79.9. The number of hydrogen-bond acceptors (Lipinski definition) is 4. The zero-order valence-corrected chi connectivity index (χ0v) is 12.4. The fraction of sp³-hybridized carbons (Fsp3) is 0.462. The van der Waals surface area contributed by atoms with Crippen molar-refractivity contribution in [1.82, 2.24) is 4.90 Å². The molecule has 1 amide bonds. The molecule has 1 aromatic rings. The van der Waals surface area contributed by atoms with Gasteiger partial charge in [0, 0.05) is 17.6 Å². The molecule has 5 nitrogen and oxygen atoms in total. The lowest BCUT2D eigenvalue weighted by molar-refractivity contribution is -0.133. The quantitative estimate of drug-likeness (QED) is 0.914. The van der Waals surface area contributed by atoms with E-state index >= 15 is 0 Å². The molecular weight excluding hydrogens is 312 g/mol. The van der Waals surface area contributed by atoms with Crippen molar-refractivity contribution in [2.24, 2.45) is 0 Å². The van der Waals surface area contributed by atoms with Crippen LogP contribution in [0, 0.1) is 0 Å². The smallest absolute Gasteiger partial charge is 0.242 e. The van der Waals surface area contributed by atoms with Gasteiger partial charge < -0.3 is 19.7 Å². The third-order valence-electron chi connectivity index (χ3n) is 2.96. The van der Waals surface area contributed by atoms with Crippen LogP contribution in [-0.4, -0.2) is 50.8 Å². The van der Waals surface area contributed by atoms with Crippen molar-refractivity contribution in [3.63, 3.8) is 0 Å². The number of nitrogens with zero attached hydrogens (tertiary/aromatic N) is 1. The first-order valence-electron chi connectivity index (χ1n) is 6.13. The van der Waals surface area contributed by atoms with Gasteiger partial charge in [0.15, 0.2) is 0 Å². The highest BCUT2D eigenvalue weighted by Crippen LogP contribution is 2.27. The van der Waals surface area contributed by atoms with Crippen molar-refractivity contribution in [2.45, 2.75) is 0 Å². The van der Waals surface area contributed by atoms with E-state index in [0.717, 1.165) is 15.9 Å². The SMILES string of the molecule is COc1ccc(Br)cc1NCC(=O)N1CCOCC1. The Morgan fingerprint density at radius 3 is 2.89 bits per heavy atom. The van der Waals surface area contributed by atoms with Gasteiger partial charge in [-0.15, -0.1) is 0 Å². The maximum absolute atomic E-state index is 12.0. The van der Waals surface area contributed by atoms with Crippen LogP contribution in [0.1, 0.15) is 0 Å². The number of morpholine rings is 1. The second kappa shape index (κ2) is 6.77. The number of carbonyl (C=O) groups excluding carboxylic acids is 1. The molecular formula is C13H17BrN2O3. The minimum Gasteiger partial charge on any atom is -0.495 e. The van der Waals surface area contributed by atoms with E-state index in [1.807, 2.05) is 18.2 Å². The molecule has 1 saturated heterocycles. The molecule has 1 aliphatic heterocycles. The largest absolute Gasteiger partial charge is 0.495 e. The molecule has 19 heavy (non-hydrogen) atoms. The summed E-state index contributed by atoms with van der Waals surface area (Å²) in [5.74, 6) is 0.795. The Kier molecular flexibility index (Phi) is 5.04. The van der Waals surface area contributed by atoms with Gasteiger partial charge in [-0.2, -0.15) is 0 Å². The Balaban J connectivity index is 1.94. The third kappa shape index (κ3) is 3.84. The van der Waals surface area contributed by atoms with Gasteiger partial charge in [0.2, 0.25) is 5.91 Å². The Morgan fingerprint density at radius 2 is 2.21 bits per heavy atom. The molecule has 1 aliphatic rings. The molecule has 0 atom stereocenters. The first-order chi connectivity index (χ1) is 9.20. The monoisotopic (exact) mass is 328 g/mol. The molecule has 1 heterocycles. The number of methoxy groups -OCH3 is 1. The van der Waals surface area contributed by atoms with E-state index in [0.29, 0.717) is 26.3 Å². The highest BCUT2D eigenvalue weighted by molar-refractivity contribution is 9.10. The van der Waals surface area contributed by atoms with E-state index in [1.165, 1.54) is 0 Å². The average molecular weight is 329 g/mol. The molecule has 0 radical (unpaired) electrons. The second-order valence-corrected chi connectivity index (χ2v) is 5.11. The first kappa shape index (κ1) is 14.1. The van der Waals surface area contributed by atoms with Gasteiger partial charge >= 0.3 is 0 Å². The first-order valence-corrected chi connectivity index (χ1v) is 6.93. The van der Waals surface area contributed by atoms with Gasteiger partial charge in [0.25, 0.3) is 0 Å². The number of halogens is 1. The zero-order chi connectivity index (χ0) is 13.7. The average Bonchev–Trinajstić information content (AvgIpc) is 2.46. The van der Waals surface area contributed by atoms with Gasteiger partial charge in [-0.3, -0.25) is 4.79 Å². The molecule has 0 aromatic heterocycles. The van der Waals surface area contributed by atoms with Crippen LogP contribution in [0.3, 0.4) is 0 Å². The van der Waals surface area contributed by atoms with Gasteiger partial charge in [-0.25, -0.2) is 0 Å². The topological polar surface area (TPSA) is 50.8 Å². The molecule has 0 spiro atoms. The van der Waals surface area contributed by atoms with Crippen molar-refractivity contribution in [3.8, 4) is 5.75 Å². The molecule has 1 aromatic carbocycles. The number of anilines is 1. The lowest BCUT2D eigenvalue weighted by atomic mass is 10.3. The van der Waals surface area contributed by atoms with Crippen LogP contribution < -0.4 is 10.1 Å². The van der Waals surface area contributed by atoms with Crippen molar-refractivity contribution < 1.29 is 14.3 Å². The number of carbonyl (C=O) groups is 1. The number of ether oxygens (including phenoxy) is 2. The van der Waals surface area contributed by atoms with Crippen LogP contribution in [0.4, 0.5) is 5.69 Å². The van der Waals surface area contributed by atoms with Crippen LogP contribution in [0.5, 0.6) is 5.75 Å². The van der Waals surface area contributed by atoms with E-state index in [1.54, 1.807) is 12.0 Å². The fourth-order valence-electron chi connectivity index (χ4n) is 1.91. The van der Waals surface area contributed by atoms with Crippen molar-refractivity contribution >= 4 is 27.5 Å². The number of amides is 1. The van der Waals surface area contributed by atoms with Gasteiger partial charge in [0.05, 0.1) is 32.6 Å². The highest BCUT2D eigenvalue weighted by Gasteiger charge is 2.16. The van der Waals surface area contributed by atoms with Crippen LogP contribution in [-0.2, 0) is 9.53 Å². The Hall–Kier alpha value is -1.27. The fourth-order valence-corrected chi connectivity index (χ4v) is 2.27. The molecule has 104 valence electrons. The van der Waals surface area contributed by atoms with Gasteiger partial charge in [0.1, 0.15) is 5.75 Å². The summed E-state index contributed by atoms with van der Waals surface area (Å²) in [6.07, 6.45) is 0. The third-order valence-corrected chi connectivity index (χ3v) is 3.45. The normalized spacial score (nSPS) is 15.2. The summed E-state index contributed by atoms with van der Waals surface area (Å²) in [6, 6.07) is 5.64. The maximum atomic E-state index is 12.0. The second-order valence-electron chi connectivity index (χ2n) is 4.19. The summed E-state index contributed by atoms with van der Waals surface area (Å²) in [5.41, 5.74) is 0.804. The minimum atomic E-state index is 0.0744. The lowest BCUT2D eigenvalue weighted by Gasteiger charge is -2.27. The molecule has 0 saturated carbocycles. The molecule has 1 N–H and O–H groups in total. The van der Waals surface area contributed by atoms with Crippen molar-refractivity contribution in [3.05, 3.63) is 22.7 Å². The summed E-state index contributed by atoms with van der Waals surface area (Å²) in [7, 11) is 1.61. The predicted molar refractivity (Wildman–Crippen MR) is 76.6 cm³/mol. The number of benzene rings is 1. The molecule has 2 rings (SSSR count). The Labute approximate surface area is 121 Å². The number of rotatable bonds is 4. The number of hydrogen-bond donors (Lipinski definition) is 1. The van der Waals surface area contributed by atoms with E-state index in [2.05, 4.69) is 21.2 Å². The minimum absolute atomic E-state index is 0.0744. The van der Waals surface area contributed by atoms with Crippen LogP contribution in [0.15, 0.2) is 22.7 Å². The van der Waals surface area contributed by atoms with Crippen molar-refractivity contribution in [2.75, 3.05) is 45.3 Å². The summed E-state index contributed by atoms with van der Waals surface area (Å²) in [4.78, 5) is 13.8. The molecule has 0 bridgehead atoms.